The van der Waals surface area contributed by atoms with Crippen LogP contribution in [0.2, 0.25) is 0 Å². The van der Waals surface area contributed by atoms with Crippen molar-refractivity contribution in [2.24, 2.45) is 10.2 Å². The maximum atomic E-state index is 4.57. The molecular formula is C3H2N2S. The van der Waals surface area contributed by atoms with Crippen molar-refractivity contribution in [3.8, 4) is 0 Å². The van der Waals surface area contributed by atoms with Gasteiger partial charge in [0.15, 0.2) is 0 Å². The molecule has 0 aromatic heterocycles. The Bertz CT molecular complexity index is 111. The molecule has 6 heavy (non-hydrogen) atoms. The lowest BCUT2D eigenvalue weighted by atomic mass is 10.6. The van der Waals surface area contributed by atoms with Gasteiger partial charge >= 0.3 is 0 Å². The van der Waals surface area contributed by atoms with Crippen LogP contribution < -0.4 is 0 Å². The zero-order valence-corrected chi connectivity index (χ0v) is 3.77. The van der Waals surface area contributed by atoms with Crippen molar-refractivity contribution in [1.82, 2.24) is 0 Å². The topological polar surface area (TPSA) is 24.7 Å². The summed E-state index contributed by atoms with van der Waals surface area (Å²) in [5.74, 6) is 0. The van der Waals surface area contributed by atoms with E-state index in [-0.39, 0.29) is 0 Å². The summed E-state index contributed by atoms with van der Waals surface area (Å²) in [6, 6.07) is 0. The standard InChI is InChI=1S/C3H2N2S/c6-3-1-2-4-5-3/h1-2H. The number of thiocarbonyl (C=S) groups is 1. The van der Waals surface area contributed by atoms with Gasteiger partial charge in [-0.05, 0) is 6.08 Å². The van der Waals surface area contributed by atoms with E-state index < -0.39 is 0 Å². The Morgan fingerprint density at radius 1 is 1.67 bits per heavy atom. The van der Waals surface area contributed by atoms with Crippen LogP contribution in [0.15, 0.2) is 22.5 Å². The summed E-state index contributed by atoms with van der Waals surface area (Å²) in [5.41, 5.74) is 0. The second-order valence-electron chi connectivity index (χ2n) is 0.869. The van der Waals surface area contributed by atoms with Gasteiger partial charge in [-0.3, -0.25) is 0 Å². The molecule has 0 amide bonds. The van der Waals surface area contributed by atoms with E-state index in [0.29, 0.717) is 4.99 Å². The first-order chi connectivity index (χ1) is 2.89. The molecule has 1 heterocycles. The number of hydrogen-bond donors (Lipinski definition) is 0. The molecule has 0 aliphatic carbocycles. The van der Waals surface area contributed by atoms with Gasteiger partial charge in [0.2, 0.25) is 0 Å². The molecule has 0 atom stereocenters. The first kappa shape index (κ1) is 3.61. The summed E-state index contributed by atoms with van der Waals surface area (Å²) in [7, 11) is 0. The zero-order valence-electron chi connectivity index (χ0n) is 2.96. The molecule has 1 rings (SSSR count). The van der Waals surface area contributed by atoms with Crippen molar-refractivity contribution < 1.29 is 0 Å². The van der Waals surface area contributed by atoms with Crippen LogP contribution in [-0.4, -0.2) is 4.99 Å². The molecule has 0 fully saturated rings. The van der Waals surface area contributed by atoms with Crippen LogP contribution in [0.4, 0.5) is 0 Å². The molecule has 3 heteroatoms. The molecule has 2 nitrogen and oxygen atoms in total. The van der Waals surface area contributed by atoms with E-state index in [1.54, 1.807) is 12.3 Å². The maximum absolute atomic E-state index is 4.57. The Morgan fingerprint density at radius 2 is 2.50 bits per heavy atom. The monoisotopic (exact) mass is 98.0 g/mol. The molecular weight excluding hydrogens is 96.1 g/mol. The SMILES string of the molecule is S=C1C=CN=N1. The molecule has 1 aliphatic heterocycles. The van der Waals surface area contributed by atoms with E-state index >= 15 is 0 Å². The van der Waals surface area contributed by atoms with Crippen LogP contribution in [0.1, 0.15) is 0 Å². The van der Waals surface area contributed by atoms with Crippen molar-refractivity contribution in [2.75, 3.05) is 0 Å². The quantitative estimate of drug-likeness (QED) is 0.419. The van der Waals surface area contributed by atoms with E-state index in [1.165, 1.54) is 0 Å². The fourth-order valence-corrected chi connectivity index (χ4v) is 0.329. The highest BCUT2D eigenvalue weighted by Gasteiger charge is 1.86. The van der Waals surface area contributed by atoms with Gasteiger partial charge in [0, 0.05) is 0 Å². The smallest absolute Gasteiger partial charge is 0.150 e. The average molecular weight is 98.1 g/mol. The zero-order chi connectivity index (χ0) is 4.41. The van der Waals surface area contributed by atoms with Crippen molar-refractivity contribution in [1.29, 1.82) is 0 Å². The predicted molar refractivity (Wildman–Crippen MR) is 26.6 cm³/mol. The van der Waals surface area contributed by atoms with Crippen LogP contribution in [0.25, 0.3) is 0 Å². The third-order valence-electron chi connectivity index (χ3n) is 0.440. The molecule has 30 valence electrons. The minimum Gasteiger partial charge on any atom is -0.158 e. The van der Waals surface area contributed by atoms with Crippen LogP contribution in [0, 0.1) is 0 Å². The molecule has 0 aromatic carbocycles. The third-order valence-corrected chi connectivity index (χ3v) is 0.658. The van der Waals surface area contributed by atoms with Gasteiger partial charge in [-0.25, -0.2) is 0 Å². The maximum Gasteiger partial charge on any atom is 0.150 e. The molecule has 0 N–H and O–H groups in total. The highest BCUT2D eigenvalue weighted by Crippen LogP contribution is 1.93. The largest absolute Gasteiger partial charge is 0.158 e. The summed E-state index contributed by atoms with van der Waals surface area (Å²) >= 11 is 4.57. The van der Waals surface area contributed by atoms with Gasteiger partial charge in [0.05, 0.1) is 6.20 Å². The molecule has 1 aliphatic rings. The molecule has 0 spiro atoms. The molecule has 0 unspecified atom stereocenters. The normalized spacial score (nSPS) is 17.0. The van der Waals surface area contributed by atoms with E-state index in [4.69, 9.17) is 0 Å². The van der Waals surface area contributed by atoms with Crippen molar-refractivity contribution in [3.63, 3.8) is 0 Å². The number of hydrogen-bond acceptors (Lipinski definition) is 2. The van der Waals surface area contributed by atoms with Gasteiger partial charge in [-0.15, -0.1) is 5.11 Å². The molecule has 0 bridgehead atoms. The van der Waals surface area contributed by atoms with Crippen molar-refractivity contribution in [3.05, 3.63) is 12.3 Å². The second kappa shape index (κ2) is 1.26. The fraction of sp³-hybridized carbons (Fsp3) is 0. The molecule has 0 saturated carbocycles. The van der Waals surface area contributed by atoms with E-state index in [1.807, 2.05) is 0 Å². The molecule has 0 saturated heterocycles. The highest BCUT2D eigenvalue weighted by molar-refractivity contribution is 7.80. The van der Waals surface area contributed by atoms with Gasteiger partial charge in [0.1, 0.15) is 4.99 Å². The summed E-state index contributed by atoms with van der Waals surface area (Å²) in [5, 5.41) is 6.95. The fourth-order valence-electron chi connectivity index (χ4n) is 0.221. The lowest BCUT2D eigenvalue weighted by molar-refractivity contribution is 1.34. The summed E-state index contributed by atoms with van der Waals surface area (Å²) in [6.45, 7) is 0. The van der Waals surface area contributed by atoms with E-state index in [2.05, 4.69) is 22.4 Å². The Hall–Kier alpha value is -0.570. The second-order valence-corrected chi connectivity index (χ2v) is 1.29. The number of nitrogens with zero attached hydrogens (tertiary/aromatic N) is 2. The number of azo groups is 1. The van der Waals surface area contributed by atoms with E-state index in [9.17, 15) is 0 Å². The van der Waals surface area contributed by atoms with Crippen molar-refractivity contribution >= 4 is 17.2 Å². The van der Waals surface area contributed by atoms with Gasteiger partial charge in [0.25, 0.3) is 0 Å². The molecule has 0 radical (unpaired) electrons. The molecule has 0 aromatic rings. The minimum atomic E-state index is 0.565. The van der Waals surface area contributed by atoms with Crippen molar-refractivity contribution in [2.45, 2.75) is 0 Å². The van der Waals surface area contributed by atoms with Crippen LogP contribution in [0.3, 0.4) is 0 Å². The summed E-state index contributed by atoms with van der Waals surface area (Å²) in [4.78, 5) is 0.565. The first-order valence-corrected chi connectivity index (χ1v) is 1.92. The van der Waals surface area contributed by atoms with Gasteiger partial charge in [-0.1, -0.05) is 12.2 Å². The van der Waals surface area contributed by atoms with Gasteiger partial charge < -0.3 is 0 Å². The van der Waals surface area contributed by atoms with E-state index in [0.717, 1.165) is 0 Å². The van der Waals surface area contributed by atoms with Gasteiger partial charge in [-0.2, -0.15) is 5.11 Å². The Morgan fingerprint density at radius 3 is 2.67 bits per heavy atom. The Kier molecular flexibility index (Phi) is 0.759. The first-order valence-electron chi connectivity index (χ1n) is 1.51. The third kappa shape index (κ3) is 0.490. The summed E-state index contributed by atoms with van der Waals surface area (Å²) in [6.07, 6.45) is 3.25. The number of rotatable bonds is 0. The minimum absolute atomic E-state index is 0.565. The predicted octanol–water partition coefficient (Wildman–Crippen LogP) is 1.29. The lowest BCUT2D eigenvalue weighted by Crippen LogP contribution is -1.68. The van der Waals surface area contributed by atoms with Crippen LogP contribution in [-0.2, 0) is 0 Å². The summed E-state index contributed by atoms with van der Waals surface area (Å²) < 4.78 is 0. The Balaban J connectivity index is 2.86. The highest BCUT2D eigenvalue weighted by atomic mass is 32.1. The lowest BCUT2D eigenvalue weighted by Gasteiger charge is -1.64. The van der Waals surface area contributed by atoms with Crippen LogP contribution in [0.5, 0.6) is 0 Å². The average Bonchev–Trinajstić information content (AvgIpc) is 1.86. The van der Waals surface area contributed by atoms with Crippen LogP contribution >= 0.6 is 12.2 Å². The Labute approximate surface area is 40.6 Å².